The van der Waals surface area contributed by atoms with Gasteiger partial charge in [0, 0.05) is 6.54 Å². The topological polar surface area (TPSA) is 32.3 Å². The van der Waals surface area contributed by atoms with Crippen molar-refractivity contribution < 1.29 is 4.79 Å². The van der Waals surface area contributed by atoms with Crippen molar-refractivity contribution in [3.05, 3.63) is 12.7 Å². The Morgan fingerprint density at radius 2 is 0.652 bits per heavy atom. The van der Waals surface area contributed by atoms with Gasteiger partial charge in [-0.15, -0.1) is 0 Å². The Balaban J connectivity index is 3.80. The van der Waals surface area contributed by atoms with Crippen molar-refractivity contribution in [1.29, 1.82) is 0 Å². The van der Waals surface area contributed by atoms with Crippen molar-refractivity contribution in [3.63, 3.8) is 0 Å². The van der Waals surface area contributed by atoms with Crippen molar-refractivity contribution in [2.45, 2.75) is 232 Å². The van der Waals surface area contributed by atoms with E-state index in [-0.39, 0.29) is 5.91 Å². The number of carbonyl (C=O) groups is 1. The van der Waals surface area contributed by atoms with E-state index in [4.69, 9.17) is 0 Å². The maximum atomic E-state index is 11.4. The Bertz CT molecular complexity index is 555. The van der Waals surface area contributed by atoms with E-state index in [1.54, 1.807) is 0 Å². The third-order valence-corrected chi connectivity index (χ3v) is 10.0. The number of amides is 1. The molecule has 274 valence electrons. The van der Waals surface area contributed by atoms with Crippen molar-refractivity contribution in [3.8, 4) is 0 Å². The Labute approximate surface area is 291 Å². The Morgan fingerprint density at radius 3 is 0.913 bits per heavy atom. The Hall–Kier alpha value is -0.830. The molecule has 0 aliphatic carbocycles. The molecule has 0 radical (unpaired) electrons. The number of rotatable bonds is 40. The highest BCUT2D eigenvalue weighted by Crippen LogP contribution is 2.16. The molecule has 0 atom stereocenters. The fraction of sp³-hybridized carbons (Fsp3) is 0.930. The van der Waals surface area contributed by atoms with Gasteiger partial charge in [-0.25, -0.2) is 0 Å². The van der Waals surface area contributed by atoms with E-state index in [2.05, 4.69) is 30.6 Å². The quantitative estimate of drug-likeness (QED) is 0.0530. The van der Waals surface area contributed by atoms with Crippen LogP contribution in [-0.4, -0.2) is 37.0 Å². The normalized spacial score (nSPS) is 11.5. The zero-order valence-corrected chi connectivity index (χ0v) is 32.0. The fourth-order valence-electron chi connectivity index (χ4n) is 6.85. The van der Waals surface area contributed by atoms with Gasteiger partial charge < -0.3 is 10.2 Å². The standard InChI is InChI=1S/C43H86N2O/c1-4-7-9-11-13-15-17-19-21-23-25-27-29-31-33-36-40-45(42-38-35-39-44-43(46)6-3)41-37-34-32-30-28-26-24-22-20-18-16-14-12-10-8-5-2/h6H,3-5,7-42H2,1-2H3,(H,44,46). The summed E-state index contributed by atoms with van der Waals surface area (Å²) in [7, 11) is 0. The van der Waals surface area contributed by atoms with Crippen LogP contribution in [0.2, 0.25) is 0 Å². The lowest BCUT2D eigenvalue weighted by atomic mass is 10.0. The molecule has 1 N–H and O–H groups in total. The average Bonchev–Trinajstić information content (AvgIpc) is 3.07. The highest BCUT2D eigenvalue weighted by Gasteiger charge is 2.06. The highest BCUT2D eigenvalue weighted by atomic mass is 16.1. The summed E-state index contributed by atoms with van der Waals surface area (Å²) in [5, 5.41) is 2.93. The smallest absolute Gasteiger partial charge is 0.243 e. The SMILES string of the molecule is C=CC(=O)NCCCCN(CCCCCCCCCCCCCCCCCC)CCCCCCCCCCCCCCCCCC. The van der Waals surface area contributed by atoms with Crippen LogP contribution in [0, 0.1) is 0 Å². The molecule has 46 heavy (non-hydrogen) atoms. The second kappa shape index (κ2) is 40.3. The van der Waals surface area contributed by atoms with E-state index in [1.807, 2.05) is 0 Å². The molecule has 0 saturated carbocycles. The maximum absolute atomic E-state index is 11.4. The lowest BCUT2D eigenvalue weighted by Crippen LogP contribution is -2.28. The predicted molar refractivity (Wildman–Crippen MR) is 208 cm³/mol. The largest absolute Gasteiger partial charge is 0.353 e. The van der Waals surface area contributed by atoms with Gasteiger partial charge in [0.25, 0.3) is 0 Å². The minimum Gasteiger partial charge on any atom is -0.353 e. The van der Waals surface area contributed by atoms with Crippen molar-refractivity contribution in [2.24, 2.45) is 0 Å². The molecule has 0 spiro atoms. The molecule has 1 amide bonds. The lowest BCUT2D eigenvalue weighted by molar-refractivity contribution is -0.116. The summed E-state index contributed by atoms with van der Waals surface area (Å²) in [5.74, 6) is -0.0433. The summed E-state index contributed by atoms with van der Waals surface area (Å²) in [4.78, 5) is 14.1. The number of hydrogen-bond acceptors (Lipinski definition) is 2. The molecule has 0 aromatic carbocycles. The summed E-state index contributed by atoms with van der Waals surface area (Å²) in [6.07, 6.45) is 49.5. The number of nitrogens with zero attached hydrogens (tertiary/aromatic N) is 1. The van der Waals surface area contributed by atoms with E-state index in [9.17, 15) is 4.79 Å². The molecule has 3 nitrogen and oxygen atoms in total. The van der Waals surface area contributed by atoms with Gasteiger partial charge in [-0.3, -0.25) is 4.79 Å². The van der Waals surface area contributed by atoms with E-state index in [0.29, 0.717) is 0 Å². The van der Waals surface area contributed by atoms with Crippen molar-refractivity contribution in [1.82, 2.24) is 10.2 Å². The summed E-state index contributed by atoms with van der Waals surface area (Å²) < 4.78 is 0. The first-order valence-corrected chi connectivity index (χ1v) is 21.4. The maximum Gasteiger partial charge on any atom is 0.243 e. The number of unbranched alkanes of at least 4 members (excludes halogenated alkanes) is 31. The predicted octanol–water partition coefficient (Wildman–Crippen LogP) is 13.9. The summed E-state index contributed by atoms with van der Waals surface area (Å²) in [6, 6.07) is 0. The van der Waals surface area contributed by atoms with Crippen LogP contribution >= 0.6 is 0 Å². The fourth-order valence-corrected chi connectivity index (χ4v) is 6.85. The van der Waals surface area contributed by atoms with Gasteiger partial charge in [0.1, 0.15) is 0 Å². The van der Waals surface area contributed by atoms with Gasteiger partial charge in [0.05, 0.1) is 0 Å². The van der Waals surface area contributed by atoms with E-state index >= 15 is 0 Å². The Kier molecular flexibility index (Phi) is 39.6. The molecule has 0 bridgehead atoms. The highest BCUT2D eigenvalue weighted by molar-refractivity contribution is 5.86. The first kappa shape index (κ1) is 45.2. The zero-order chi connectivity index (χ0) is 33.4. The van der Waals surface area contributed by atoms with Crippen LogP contribution in [0.25, 0.3) is 0 Å². The third-order valence-electron chi connectivity index (χ3n) is 10.0. The number of hydrogen-bond donors (Lipinski definition) is 1. The van der Waals surface area contributed by atoms with E-state index < -0.39 is 0 Å². The molecule has 0 unspecified atom stereocenters. The number of carbonyl (C=O) groups excluding carboxylic acids is 1. The zero-order valence-electron chi connectivity index (χ0n) is 32.0. The number of nitrogens with one attached hydrogen (secondary N) is 1. The molecule has 0 aliphatic heterocycles. The molecule has 0 aromatic heterocycles. The molecular formula is C43H86N2O. The van der Waals surface area contributed by atoms with Gasteiger partial charge >= 0.3 is 0 Å². The Morgan fingerprint density at radius 1 is 0.413 bits per heavy atom. The molecular weight excluding hydrogens is 560 g/mol. The van der Waals surface area contributed by atoms with Crippen LogP contribution in [-0.2, 0) is 4.79 Å². The first-order valence-electron chi connectivity index (χ1n) is 21.4. The van der Waals surface area contributed by atoms with E-state index in [0.717, 1.165) is 13.0 Å². The molecule has 0 aromatic rings. The molecule has 0 saturated heterocycles. The summed E-state index contributed by atoms with van der Waals surface area (Å²) >= 11 is 0. The third kappa shape index (κ3) is 37.6. The van der Waals surface area contributed by atoms with Crippen molar-refractivity contribution in [2.75, 3.05) is 26.2 Å². The van der Waals surface area contributed by atoms with E-state index in [1.165, 1.54) is 238 Å². The second-order valence-corrected chi connectivity index (χ2v) is 14.7. The van der Waals surface area contributed by atoms with Crippen LogP contribution in [0.5, 0.6) is 0 Å². The molecule has 0 aliphatic rings. The minimum atomic E-state index is -0.0433. The van der Waals surface area contributed by atoms with Crippen LogP contribution in [0.4, 0.5) is 0 Å². The molecule has 3 heteroatoms. The second-order valence-electron chi connectivity index (χ2n) is 14.7. The van der Waals surface area contributed by atoms with Crippen molar-refractivity contribution >= 4 is 5.91 Å². The van der Waals surface area contributed by atoms with Gasteiger partial charge in [-0.05, 0) is 51.4 Å². The monoisotopic (exact) mass is 647 g/mol. The van der Waals surface area contributed by atoms with Gasteiger partial charge in [0.2, 0.25) is 5.91 Å². The summed E-state index contributed by atoms with van der Waals surface area (Å²) in [6.45, 7) is 12.6. The molecule has 0 heterocycles. The molecule has 0 rings (SSSR count). The minimum absolute atomic E-state index is 0.0433. The average molecular weight is 647 g/mol. The van der Waals surface area contributed by atoms with Crippen LogP contribution < -0.4 is 5.32 Å². The summed E-state index contributed by atoms with van der Waals surface area (Å²) in [5.41, 5.74) is 0. The lowest BCUT2D eigenvalue weighted by Gasteiger charge is -2.22. The van der Waals surface area contributed by atoms with Crippen LogP contribution in [0.3, 0.4) is 0 Å². The van der Waals surface area contributed by atoms with Gasteiger partial charge in [-0.2, -0.15) is 0 Å². The first-order chi connectivity index (χ1) is 22.7. The molecule has 0 fully saturated rings. The van der Waals surface area contributed by atoms with Gasteiger partial charge in [-0.1, -0.05) is 213 Å². The van der Waals surface area contributed by atoms with Gasteiger partial charge in [0.15, 0.2) is 0 Å². The van der Waals surface area contributed by atoms with Crippen LogP contribution in [0.15, 0.2) is 12.7 Å². The van der Waals surface area contributed by atoms with Crippen LogP contribution in [0.1, 0.15) is 232 Å².